The molecule has 35 heavy (non-hydrogen) atoms. The molecule has 2 aromatic carbocycles. The molecule has 12 heteroatoms. The SMILES string of the molecule is C[C@H](C(=O)NC(C)(C)C)N(Cc1ccc(Cl)c(Cl)c1)C(=O)CN(c1ccc(F)c(Cl)c1)S(C)(=O)=O. The Bertz CT molecular complexity index is 1220. The van der Waals surface area contributed by atoms with Gasteiger partial charge in [-0.1, -0.05) is 40.9 Å². The molecule has 7 nitrogen and oxygen atoms in total. The molecule has 2 rings (SSSR count). The summed E-state index contributed by atoms with van der Waals surface area (Å²) in [5, 5.41) is 3.11. The van der Waals surface area contributed by atoms with Gasteiger partial charge in [-0.2, -0.15) is 0 Å². The Kier molecular flexibility index (Phi) is 9.44. The van der Waals surface area contributed by atoms with Gasteiger partial charge < -0.3 is 10.2 Å². The van der Waals surface area contributed by atoms with Crippen molar-refractivity contribution in [1.82, 2.24) is 10.2 Å². The van der Waals surface area contributed by atoms with Gasteiger partial charge in [0.15, 0.2) is 0 Å². The molecule has 1 N–H and O–H groups in total. The fourth-order valence-corrected chi connectivity index (χ4v) is 4.48. The van der Waals surface area contributed by atoms with Gasteiger partial charge in [-0.15, -0.1) is 0 Å². The summed E-state index contributed by atoms with van der Waals surface area (Å²) >= 11 is 17.9. The topological polar surface area (TPSA) is 86.8 Å². The minimum absolute atomic E-state index is 0.00790. The van der Waals surface area contributed by atoms with Crippen LogP contribution < -0.4 is 9.62 Å². The molecule has 0 unspecified atom stereocenters. The number of hydrogen-bond donors (Lipinski definition) is 1. The summed E-state index contributed by atoms with van der Waals surface area (Å²) < 4.78 is 39.5. The predicted octanol–water partition coefficient (Wildman–Crippen LogP) is 4.88. The second kappa shape index (κ2) is 11.3. The lowest BCUT2D eigenvalue weighted by Crippen LogP contribution is -2.54. The second-order valence-corrected chi connectivity index (χ2v) is 12.2. The minimum atomic E-state index is -3.97. The third-order valence-corrected chi connectivity index (χ3v) is 7.04. The summed E-state index contributed by atoms with van der Waals surface area (Å²) in [7, 11) is -3.97. The van der Waals surface area contributed by atoms with Gasteiger partial charge in [0.2, 0.25) is 21.8 Å². The van der Waals surface area contributed by atoms with E-state index in [0.29, 0.717) is 10.6 Å². The molecule has 0 heterocycles. The van der Waals surface area contributed by atoms with Crippen molar-refractivity contribution >= 4 is 62.3 Å². The Morgan fingerprint density at radius 1 is 1.03 bits per heavy atom. The summed E-state index contributed by atoms with van der Waals surface area (Å²) in [6.07, 6.45) is 0.913. The number of anilines is 1. The molecule has 0 aromatic heterocycles. The zero-order valence-corrected chi connectivity index (χ0v) is 23.0. The molecule has 0 aliphatic heterocycles. The normalized spacial score (nSPS) is 12.7. The number of benzene rings is 2. The van der Waals surface area contributed by atoms with E-state index in [1.54, 1.807) is 39.0 Å². The molecule has 0 saturated carbocycles. The van der Waals surface area contributed by atoms with Crippen LogP contribution in [0.4, 0.5) is 10.1 Å². The third-order valence-electron chi connectivity index (χ3n) is 4.87. The second-order valence-electron chi connectivity index (χ2n) is 9.05. The number of nitrogens with one attached hydrogen (secondary N) is 1. The van der Waals surface area contributed by atoms with Gasteiger partial charge in [-0.05, 0) is 63.6 Å². The fraction of sp³-hybridized carbons (Fsp3) is 0.391. The monoisotopic (exact) mass is 565 g/mol. The van der Waals surface area contributed by atoms with E-state index in [0.717, 1.165) is 22.7 Å². The quantitative estimate of drug-likeness (QED) is 0.493. The number of sulfonamides is 1. The molecule has 0 saturated heterocycles. The van der Waals surface area contributed by atoms with Gasteiger partial charge in [-0.3, -0.25) is 13.9 Å². The summed E-state index contributed by atoms with van der Waals surface area (Å²) in [5.74, 6) is -1.83. The molecule has 192 valence electrons. The van der Waals surface area contributed by atoms with E-state index < -0.39 is 45.8 Å². The molecule has 1 atom stereocenters. The maximum atomic E-state index is 13.6. The fourth-order valence-electron chi connectivity index (χ4n) is 3.15. The van der Waals surface area contributed by atoms with Crippen LogP contribution in [0.25, 0.3) is 0 Å². The Morgan fingerprint density at radius 2 is 1.66 bits per heavy atom. The van der Waals surface area contributed by atoms with Crippen molar-refractivity contribution < 1.29 is 22.4 Å². The molecule has 0 aliphatic rings. The highest BCUT2D eigenvalue weighted by molar-refractivity contribution is 7.92. The van der Waals surface area contributed by atoms with E-state index in [2.05, 4.69) is 5.32 Å². The van der Waals surface area contributed by atoms with Crippen molar-refractivity contribution in [3.63, 3.8) is 0 Å². The van der Waals surface area contributed by atoms with E-state index in [1.807, 2.05) is 0 Å². The van der Waals surface area contributed by atoms with E-state index in [4.69, 9.17) is 34.8 Å². The van der Waals surface area contributed by atoms with Gasteiger partial charge in [-0.25, -0.2) is 12.8 Å². The first-order valence-electron chi connectivity index (χ1n) is 10.5. The van der Waals surface area contributed by atoms with Crippen LogP contribution in [0.15, 0.2) is 36.4 Å². The number of rotatable bonds is 8. The number of carbonyl (C=O) groups is 2. The predicted molar refractivity (Wildman–Crippen MR) is 138 cm³/mol. The highest BCUT2D eigenvalue weighted by Gasteiger charge is 2.31. The van der Waals surface area contributed by atoms with Crippen LogP contribution in [0, 0.1) is 5.82 Å². The van der Waals surface area contributed by atoms with E-state index >= 15 is 0 Å². The molecule has 0 bridgehead atoms. The van der Waals surface area contributed by atoms with Crippen molar-refractivity contribution in [2.24, 2.45) is 0 Å². The van der Waals surface area contributed by atoms with Crippen molar-refractivity contribution in [3.8, 4) is 0 Å². The molecular formula is C23H27Cl3FN3O4S. The Labute approximate surface area is 220 Å². The lowest BCUT2D eigenvalue weighted by Gasteiger charge is -2.33. The minimum Gasteiger partial charge on any atom is -0.350 e. The van der Waals surface area contributed by atoms with Crippen LogP contribution in [0.3, 0.4) is 0 Å². The van der Waals surface area contributed by atoms with Crippen molar-refractivity contribution in [3.05, 3.63) is 62.8 Å². The zero-order chi connectivity index (χ0) is 26.7. The first-order valence-corrected chi connectivity index (χ1v) is 13.5. The number of hydrogen-bond acceptors (Lipinski definition) is 4. The summed E-state index contributed by atoms with van der Waals surface area (Å²) in [4.78, 5) is 27.6. The molecule has 0 fully saturated rings. The van der Waals surface area contributed by atoms with Crippen molar-refractivity contribution in [2.75, 3.05) is 17.1 Å². The number of amides is 2. The van der Waals surface area contributed by atoms with Crippen LogP contribution in [-0.4, -0.2) is 49.5 Å². The van der Waals surface area contributed by atoms with Gasteiger partial charge in [0.05, 0.1) is 27.0 Å². The number of nitrogens with zero attached hydrogens (tertiary/aromatic N) is 2. The average molecular weight is 567 g/mol. The van der Waals surface area contributed by atoms with Gasteiger partial charge in [0.25, 0.3) is 0 Å². The lowest BCUT2D eigenvalue weighted by molar-refractivity contribution is -0.140. The highest BCUT2D eigenvalue weighted by Crippen LogP contribution is 2.26. The molecule has 0 aliphatic carbocycles. The van der Waals surface area contributed by atoms with Crippen LogP contribution >= 0.6 is 34.8 Å². The molecule has 2 aromatic rings. The third kappa shape index (κ3) is 8.24. The first-order chi connectivity index (χ1) is 16.0. The van der Waals surface area contributed by atoms with Crippen molar-refractivity contribution in [1.29, 1.82) is 0 Å². The van der Waals surface area contributed by atoms with Crippen LogP contribution in [0.5, 0.6) is 0 Å². The lowest BCUT2D eigenvalue weighted by atomic mass is 10.1. The van der Waals surface area contributed by atoms with Crippen molar-refractivity contribution in [2.45, 2.75) is 45.8 Å². The smallest absolute Gasteiger partial charge is 0.244 e. The van der Waals surface area contributed by atoms with E-state index in [9.17, 15) is 22.4 Å². The Morgan fingerprint density at radius 3 is 2.17 bits per heavy atom. The molecule has 2 amide bonds. The van der Waals surface area contributed by atoms with Gasteiger partial charge in [0.1, 0.15) is 18.4 Å². The van der Waals surface area contributed by atoms with Gasteiger partial charge in [0, 0.05) is 12.1 Å². The average Bonchev–Trinajstić information content (AvgIpc) is 2.72. The van der Waals surface area contributed by atoms with E-state index in [-0.39, 0.29) is 22.3 Å². The number of carbonyl (C=O) groups excluding carboxylic acids is 2. The summed E-state index contributed by atoms with van der Waals surface area (Å²) in [6.45, 7) is 6.24. The van der Waals surface area contributed by atoms with Gasteiger partial charge >= 0.3 is 0 Å². The van der Waals surface area contributed by atoms with Crippen LogP contribution in [-0.2, 0) is 26.2 Å². The van der Waals surface area contributed by atoms with E-state index in [1.165, 1.54) is 17.9 Å². The molecule has 0 spiro atoms. The maximum Gasteiger partial charge on any atom is 0.244 e. The Balaban J connectivity index is 2.45. The molecule has 0 radical (unpaired) electrons. The Hall–Kier alpha value is -2.07. The standard InChI is InChI=1S/C23H27Cl3FN3O4S/c1-14(22(32)28-23(2,3)4)29(12-15-6-8-17(24)18(25)10-15)21(31)13-30(35(5,33)34)16-7-9-20(27)19(26)11-16/h6-11,14H,12-13H2,1-5H3,(H,28,32)/t14-/m1/s1. The highest BCUT2D eigenvalue weighted by atomic mass is 35.5. The molecular weight excluding hydrogens is 540 g/mol. The number of halogens is 4. The maximum absolute atomic E-state index is 13.6. The summed E-state index contributed by atoms with van der Waals surface area (Å²) in [5.41, 5.74) is 0.0280. The van der Waals surface area contributed by atoms with Crippen LogP contribution in [0.1, 0.15) is 33.3 Å². The largest absolute Gasteiger partial charge is 0.350 e. The first kappa shape index (κ1) is 29.2. The van der Waals surface area contributed by atoms with Crippen LogP contribution in [0.2, 0.25) is 15.1 Å². The zero-order valence-electron chi connectivity index (χ0n) is 19.9. The summed E-state index contributed by atoms with van der Waals surface area (Å²) in [6, 6.07) is 7.13.